The Hall–Kier alpha value is -2.12. The Morgan fingerprint density at radius 2 is 1.91 bits per heavy atom. The van der Waals surface area contributed by atoms with Crippen molar-refractivity contribution in [1.29, 1.82) is 0 Å². The van der Waals surface area contributed by atoms with E-state index in [9.17, 15) is 18.3 Å². The molecule has 0 aliphatic carbocycles. The standard InChI is InChI=1S/C15H17NO5S/c1-2-3-8-21-15(18)12-9-13(17)10-6-4-5-7-11(10)14(12)22(16,19)20/h4-7,9,17H,2-3,8H2,1H3,(H2,16,19,20). The molecule has 0 amide bonds. The molecule has 0 saturated heterocycles. The zero-order chi connectivity index (χ0) is 16.3. The molecule has 0 spiro atoms. The number of fused-ring (bicyclic) bond motifs is 1. The van der Waals surface area contributed by atoms with Crippen LogP contribution in [0, 0.1) is 0 Å². The van der Waals surface area contributed by atoms with Gasteiger partial charge in [-0.2, -0.15) is 0 Å². The number of aromatic hydroxyl groups is 1. The van der Waals surface area contributed by atoms with Crippen molar-refractivity contribution in [1.82, 2.24) is 0 Å². The molecule has 7 heteroatoms. The van der Waals surface area contributed by atoms with Gasteiger partial charge in [0.1, 0.15) is 10.6 Å². The smallest absolute Gasteiger partial charge is 0.339 e. The van der Waals surface area contributed by atoms with Gasteiger partial charge in [-0.05, 0) is 12.5 Å². The minimum absolute atomic E-state index is 0.174. The molecule has 2 rings (SSSR count). The van der Waals surface area contributed by atoms with Crippen molar-refractivity contribution in [3.05, 3.63) is 35.9 Å². The fraction of sp³-hybridized carbons (Fsp3) is 0.267. The third kappa shape index (κ3) is 3.20. The summed E-state index contributed by atoms with van der Waals surface area (Å²) in [4.78, 5) is 11.8. The van der Waals surface area contributed by atoms with E-state index in [1.807, 2.05) is 6.92 Å². The molecule has 0 aromatic heterocycles. The zero-order valence-corrected chi connectivity index (χ0v) is 12.9. The second kappa shape index (κ2) is 6.33. The Kier molecular flexibility index (Phi) is 4.68. The quantitative estimate of drug-likeness (QED) is 0.647. The van der Waals surface area contributed by atoms with Crippen LogP contribution in [0.15, 0.2) is 35.2 Å². The first-order valence-corrected chi connectivity index (χ1v) is 8.35. The number of nitrogens with two attached hydrogens (primary N) is 1. The number of rotatable bonds is 5. The lowest BCUT2D eigenvalue weighted by Gasteiger charge is -2.12. The molecule has 0 heterocycles. The number of hydrogen-bond donors (Lipinski definition) is 2. The predicted molar refractivity (Wildman–Crippen MR) is 82.2 cm³/mol. The Labute approximate surface area is 128 Å². The molecule has 2 aromatic carbocycles. The molecule has 118 valence electrons. The molecule has 2 aromatic rings. The van der Waals surface area contributed by atoms with Gasteiger partial charge in [0.15, 0.2) is 0 Å². The fourth-order valence-corrected chi connectivity index (χ4v) is 3.11. The number of sulfonamides is 1. The van der Waals surface area contributed by atoms with Crippen LogP contribution in [0.1, 0.15) is 30.1 Å². The van der Waals surface area contributed by atoms with E-state index in [0.717, 1.165) is 12.5 Å². The van der Waals surface area contributed by atoms with Gasteiger partial charge in [-0.15, -0.1) is 0 Å². The van der Waals surface area contributed by atoms with E-state index in [4.69, 9.17) is 9.88 Å². The van der Waals surface area contributed by atoms with Crippen LogP contribution in [0.2, 0.25) is 0 Å². The van der Waals surface area contributed by atoms with Gasteiger partial charge in [0.05, 0.1) is 12.2 Å². The molecule has 0 radical (unpaired) electrons. The first-order valence-electron chi connectivity index (χ1n) is 6.81. The Morgan fingerprint density at radius 1 is 1.27 bits per heavy atom. The third-order valence-electron chi connectivity index (χ3n) is 3.21. The maximum atomic E-state index is 12.1. The van der Waals surface area contributed by atoms with Crippen molar-refractivity contribution >= 4 is 26.8 Å². The second-order valence-electron chi connectivity index (χ2n) is 4.85. The second-order valence-corrected chi connectivity index (χ2v) is 6.35. The van der Waals surface area contributed by atoms with Crippen LogP contribution >= 0.6 is 0 Å². The van der Waals surface area contributed by atoms with Crippen molar-refractivity contribution in [2.75, 3.05) is 6.61 Å². The van der Waals surface area contributed by atoms with Gasteiger partial charge in [0, 0.05) is 10.8 Å². The Balaban J connectivity index is 2.65. The van der Waals surface area contributed by atoms with Gasteiger partial charge in [-0.25, -0.2) is 18.4 Å². The number of phenols is 1. The summed E-state index contributed by atoms with van der Waals surface area (Å²) in [6.45, 7) is 2.11. The lowest BCUT2D eigenvalue weighted by atomic mass is 10.1. The van der Waals surface area contributed by atoms with Gasteiger partial charge < -0.3 is 9.84 Å². The summed E-state index contributed by atoms with van der Waals surface area (Å²) in [5.41, 5.74) is -0.255. The van der Waals surface area contributed by atoms with Gasteiger partial charge in [0.25, 0.3) is 0 Å². The highest BCUT2D eigenvalue weighted by atomic mass is 32.2. The highest BCUT2D eigenvalue weighted by Gasteiger charge is 2.25. The molecular weight excluding hydrogens is 306 g/mol. The van der Waals surface area contributed by atoms with Gasteiger partial charge in [0.2, 0.25) is 10.0 Å². The number of ether oxygens (including phenoxy) is 1. The molecule has 0 fully saturated rings. The zero-order valence-electron chi connectivity index (χ0n) is 12.1. The maximum absolute atomic E-state index is 12.1. The van der Waals surface area contributed by atoms with Crippen molar-refractivity contribution in [2.24, 2.45) is 5.14 Å². The number of esters is 1. The van der Waals surface area contributed by atoms with Gasteiger partial charge in [-0.3, -0.25) is 0 Å². The first-order chi connectivity index (χ1) is 10.4. The third-order valence-corrected chi connectivity index (χ3v) is 4.22. The van der Waals surface area contributed by atoms with E-state index in [-0.39, 0.29) is 28.2 Å². The van der Waals surface area contributed by atoms with Crippen LogP contribution in [-0.4, -0.2) is 26.1 Å². The van der Waals surface area contributed by atoms with Gasteiger partial charge >= 0.3 is 5.97 Å². The average molecular weight is 323 g/mol. The number of unbranched alkanes of at least 4 members (excludes halogenated alkanes) is 1. The van der Waals surface area contributed by atoms with E-state index in [0.29, 0.717) is 11.8 Å². The largest absolute Gasteiger partial charge is 0.507 e. The summed E-state index contributed by atoms with van der Waals surface area (Å²) in [5, 5.41) is 15.8. The lowest BCUT2D eigenvalue weighted by molar-refractivity contribution is 0.0495. The first kappa shape index (κ1) is 16.3. The fourth-order valence-electron chi connectivity index (χ4n) is 2.17. The van der Waals surface area contributed by atoms with Crippen molar-refractivity contribution in [2.45, 2.75) is 24.7 Å². The highest BCUT2D eigenvalue weighted by Crippen LogP contribution is 2.33. The van der Waals surface area contributed by atoms with Crippen LogP contribution in [0.5, 0.6) is 5.75 Å². The van der Waals surface area contributed by atoms with Crippen LogP contribution in [0.3, 0.4) is 0 Å². The molecule has 3 N–H and O–H groups in total. The monoisotopic (exact) mass is 323 g/mol. The topological polar surface area (TPSA) is 107 Å². The van der Waals surface area contributed by atoms with Crippen molar-refractivity contribution < 1.29 is 23.1 Å². The molecular formula is C15H17NO5S. The van der Waals surface area contributed by atoms with Crippen LogP contribution in [0.25, 0.3) is 10.8 Å². The highest BCUT2D eigenvalue weighted by molar-refractivity contribution is 7.89. The number of carbonyl (C=O) groups excluding carboxylic acids is 1. The number of carbonyl (C=O) groups is 1. The molecule has 0 atom stereocenters. The minimum Gasteiger partial charge on any atom is -0.507 e. The predicted octanol–water partition coefficient (Wildman–Crippen LogP) is 2.15. The SMILES string of the molecule is CCCCOC(=O)c1cc(O)c2ccccc2c1S(N)(=O)=O. The van der Waals surface area contributed by atoms with E-state index in [1.165, 1.54) is 6.07 Å². The molecule has 0 saturated carbocycles. The van der Waals surface area contributed by atoms with E-state index in [1.54, 1.807) is 18.2 Å². The van der Waals surface area contributed by atoms with E-state index < -0.39 is 16.0 Å². The number of hydrogen-bond acceptors (Lipinski definition) is 5. The summed E-state index contributed by atoms with van der Waals surface area (Å²) in [5.74, 6) is -1.02. The summed E-state index contributed by atoms with van der Waals surface area (Å²) >= 11 is 0. The van der Waals surface area contributed by atoms with E-state index in [2.05, 4.69) is 0 Å². The summed E-state index contributed by atoms with van der Waals surface area (Å²) in [7, 11) is -4.16. The normalized spacial score (nSPS) is 11.5. The van der Waals surface area contributed by atoms with Crippen LogP contribution < -0.4 is 5.14 Å². The van der Waals surface area contributed by atoms with Crippen molar-refractivity contribution in [3.8, 4) is 5.75 Å². The summed E-state index contributed by atoms with van der Waals surface area (Å²) in [6.07, 6.45) is 1.49. The Bertz CT molecular complexity index is 814. The average Bonchev–Trinajstić information content (AvgIpc) is 2.46. The molecule has 6 nitrogen and oxygen atoms in total. The van der Waals surface area contributed by atoms with Crippen LogP contribution in [0.4, 0.5) is 0 Å². The molecule has 0 unspecified atom stereocenters. The molecule has 0 aliphatic rings. The van der Waals surface area contributed by atoms with Gasteiger partial charge in [-0.1, -0.05) is 37.6 Å². The molecule has 0 bridgehead atoms. The lowest BCUT2D eigenvalue weighted by Crippen LogP contribution is -2.19. The number of primary sulfonamides is 1. The van der Waals surface area contributed by atoms with Crippen LogP contribution in [-0.2, 0) is 14.8 Å². The number of phenolic OH excluding ortho intramolecular Hbond substituents is 1. The molecule has 22 heavy (non-hydrogen) atoms. The maximum Gasteiger partial charge on any atom is 0.339 e. The molecule has 0 aliphatic heterocycles. The minimum atomic E-state index is -4.16. The number of benzene rings is 2. The van der Waals surface area contributed by atoms with Crippen molar-refractivity contribution in [3.63, 3.8) is 0 Å². The summed E-state index contributed by atoms with van der Waals surface area (Å²) in [6, 6.07) is 7.36. The van der Waals surface area contributed by atoms with E-state index >= 15 is 0 Å². The summed E-state index contributed by atoms with van der Waals surface area (Å²) < 4.78 is 28.8. The Morgan fingerprint density at radius 3 is 2.50 bits per heavy atom.